The van der Waals surface area contributed by atoms with Crippen LogP contribution >= 0.6 is 0 Å². The molecule has 4 nitrogen and oxygen atoms in total. The van der Waals surface area contributed by atoms with E-state index >= 15 is 0 Å². The third-order valence-electron chi connectivity index (χ3n) is 3.50. The molecule has 1 rings (SSSR count). The second kappa shape index (κ2) is 11.9. The quantitative estimate of drug-likeness (QED) is 0.563. The molecule has 1 aromatic heterocycles. The van der Waals surface area contributed by atoms with Crippen molar-refractivity contribution in [3.05, 3.63) is 18.2 Å². The van der Waals surface area contributed by atoms with Gasteiger partial charge >= 0.3 is 0 Å². The molecule has 1 N–H and O–H groups in total. The fourth-order valence-corrected chi connectivity index (χ4v) is 2.26. The van der Waals surface area contributed by atoms with E-state index in [-0.39, 0.29) is 0 Å². The van der Waals surface area contributed by atoms with Crippen LogP contribution in [0.4, 0.5) is 0 Å². The van der Waals surface area contributed by atoms with E-state index in [2.05, 4.69) is 28.0 Å². The normalized spacial score (nSPS) is 11.1. The molecule has 1 heterocycles. The Morgan fingerprint density at radius 3 is 2.65 bits per heavy atom. The van der Waals surface area contributed by atoms with E-state index < -0.39 is 0 Å². The molecule has 0 saturated carbocycles. The molecule has 1 aromatic rings. The minimum atomic E-state index is 0.749. The zero-order chi connectivity index (χ0) is 14.5. The van der Waals surface area contributed by atoms with Gasteiger partial charge in [0.2, 0.25) is 0 Å². The number of aryl methyl sites for hydroxylation is 1. The van der Waals surface area contributed by atoms with Crippen molar-refractivity contribution >= 4 is 0 Å². The maximum absolute atomic E-state index is 5.00. The van der Waals surface area contributed by atoms with E-state index in [0.717, 1.165) is 31.9 Å². The molecule has 0 aliphatic rings. The summed E-state index contributed by atoms with van der Waals surface area (Å²) in [6.45, 7) is 5.81. The zero-order valence-electron chi connectivity index (χ0n) is 13.2. The highest BCUT2D eigenvalue weighted by Crippen LogP contribution is 2.08. The molecule has 4 heteroatoms. The Hall–Kier alpha value is -0.870. The topological polar surface area (TPSA) is 39.1 Å². The highest BCUT2D eigenvalue weighted by atomic mass is 16.5. The summed E-state index contributed by atoms with van der Waals surface area (Å²) in [6, 6.07) is 0. The summed E-state index contributed by atoms with van der Waals surface area (Å²) in [6.07, 6.45) is 13.6. The lowest BCUT2D eigenvalue weighted by Gasteiger charge is -2.03. The summed E-state index contributed by atoms with van der Waals surface area (Å²) in [5, 5.41) is 3.31. The lowest BCUT2D eigenvalue weighted by atomic mass is 10.1. The molecule has 0 aromatic carbocycles. The standard InChI is InChI=1S/C16H31N3O/c1-3-4-5-6-7-8-9-11-19-14-16(18-15-19)13-17-10-12-20-2/h14-15,17H,3-13H2,1-2H3. The first-order chi connectivity index (χ1) is 9.86. The fraction of sp³-hybridized carbons (Fsp3) is 0.812. The summed E-state index contributed by atoms with van der Waals surface area (Å²) in [7, 11) is 1.72. The van der Waals surface area contributed by atoms with Crippen LogP contribution in [0, 0.1) is 0 Å². The van der Waals surface area contributed by atoms with Crippen LogP contribution in [0.3, 0.4) is 0 Å². The van der Waals surface area contributed by atoms with Crippen LogP contribution < -0.4 is 5.32 Å². The van der Waals surface area contributed by atoms with Crippen LogP contribution in [0.5, 0.6) is 0 Å². The third-order valence-corrected chi connectivity index (χ3v) is 3.50. The molecule has 0 fully saturated rings. The van der Waals surface area contributed by atoms with Crippen molar-refractivity contribution < 1.29 is 4.74 Å². The summed E-state index contributed by atoms with van der Waals surface area (Å²) in [5.41, 5.74) is 1.11. The average molecular weight is 281 g/mol. The van der Waals surface area contributed by atoms with E-state index in [9.17, 15) is 0 Å². The Kier molecular flexibility index (Phi) is 10.2. The van der Waals surface area contributed by atoms with Gasteiger partial charge in [-0.05, 0) is 6.42 Å². The van der Waals surface area contributed by atoms with Gasteiger partial charge in [-0.25, -0.2) is 4.98 Å². The zero-order valence-corrected chi connectivity index (χ0v) is 13.2. The van der Waals surface area contributed by atoms with Gasteiger partial charge in [0.25, 0.3) is 0 Å². The van der Waals surface area contributed by atoms with Gasteiger partial charge in [-0.15, -0.1) is 0 Å². The van der Waals surface area contributed by atoms with E-state index in [4.69, 9.17) is 4.74 Å². The van der Waals surface area contributed by atoms with Gasteiger partial charge in [0.05, 0.1) is 18.6 Å². The van der Waals surface area contributed by atoms with Gasteiger partial charge in [0.1, 0.15) is 0 Å². The van der Waals surface area contributed by atoms with Crippen LogP contribution in [-0.2, 0) is 17.8 Å². The van der Waals surface area contributed by atoms with Gasteiger partial charge in [-0.2, -0.15) is 0 Å². The lowest BCUT2D eigenvalue weighted by Crippen LogP contribution is -2.18. The molecular weight excluding hydrogens is 250 g/mol. The Labute approximate surface area is 123 Å². The van der Waals surface area contributed by atoms with E-state index in [1.807, 2.05) is 6.33 Å². The largest absolute Gasteiger partial charge is 0.383 e. The second-order valence-electron chi connectivity index (χ2n) is 5.39. The number of nitrogens with one attached hydrogen (secondary N) is 1. The number of imidazole rings is 1. The Balaban J connectivity index is 2.02. The molecule has 0 spiro atoms. The highest BCUT2D eigenvalue weighted by Gasteiger charge is 1.98. The number of unbranched alkanes of at least 4 members (excludes halogenated alkanes) is 6. The van der Waals surface area contributed by atoms with Crippen molar-refractivity contribution in [1.82, 2.24) is 14.9 Å². The maximum atomic E-state index is 5.00. The maximum Gasteiger partial charge on any atom is 0.0949 e. The summed E-state index contributed by atoms with van der Waals surface area (Å²) >= 11 is 0. The minimum absolute atomic E-state index is 0.749. The van der Waals surface area contributed by atoms with Crippen LogP contribution in [0.1, 0.15) is 57.6 Å². The molecule has 0 amide bonds. The first-order valence-corrected chi connectivity index (χ1v) is 8.07. The van der Waals surface area contributed by atoms with E-state index in [1.54, 1.807) is 7.11 Å². The molecule has 0 saturated heterocycles. The van der Waals surface area contributed by atoms with Gasteiger partial charge in [0.15, 0.2) is 0 Å². The molecule has 20 heavy (non-hydrogen) atoms. The number of ether oxygens (including phenoxy) is 1. The molecule has 116 valence electrons. The van der Waals surface area contributed by atoms with E-state index in [1.165, 1.54) is 44.9 Å². The molecule has 0 bridgehead atoms. The molecule has 0 aliphatic carbocycles. The number of aromatic nitrogens is 2. The monoisotopic (exact) mass is 281 g/mol. The van der Waals surface area contributed by atoms with Crippen LogP contribution in [0.25, 0.3) is 0 Å². The van der Waals surface area contributed by atoms with Gasteiger partial charge in [-0.3, -0.25) is 0 Å². The number of nitrogens with zero attached hydrogens (tertiary/aromatic N) is 2. The van der Waals surface area contributed by atoms with Crippen molar-refractivity contribution in [2.75, 3.05) is 20.3 Å². The van der Waals surface area contributed by atoms with E-state index in [0.29, 0.717) is 0 Å². The van der Waals surface area contributed by atoms with Crippen LogP contribution in [-0.4, -0.2) is 29.8 Å². The van der Waals surface area contributed by atoms with Gasteiger partial charge < -0.3 is 14.6 Å². The van der Waals surface area contributed by atoms with Gasteiger partial charge in [-0.1, -0.05) is 45.4 Å². The third kappa shape index (κ3) is 8.33. The van der Waals surface area contributed by atoms with Crippen molar-refractivity contribution in [2.24, 2.45) is 0 Å². The van der Waals surface area contributed by atoms with Crippen molar-refractivity contribution in [2.45, 2.75) is 65.0 Å². The SMILES string of the molecule is CCCCCCCCCn1cnc(CNCCOC)c1. The Bertz CT molecular complexity index is 325. The van der Waals surface area contributed by atoms with Crippen LogP contribution in [0.2, 0.25) is 0 Å². The average Bonchev–Trinajstić information content (AvgIpc) is 2.90. The Morgan fingerprint density at radius 2 is 1.90 bits per heavy atom. The molecule has 0 atom stereocenters. The van der Waals surface area contributed by atoms with Crippen molar-refractivity contribution in [3.63, 3.8) is 0 Å². The predicted molar refractivity (Wildman–Crippen MR) is 83.8 cm³/mol. The lowest BCUT2D eigenvalue weighted by molar-refractivity contribution is 0.199. The number of rotatable bonds is 13. The smallest absolute Gasteiger partial charge is 0.0949 e. The number of hydrogen-bond acceptors (Lipinski definition) is 3. The minimum Gasteiger partial charge on any atom is -0.383 e. The second-order valence-corrected chi connectivity index (χ2v) is 5.39. The molecular formula is C16H31N3O. The molecule has 0 aliphatic heterocycles. The summed E-state index contributed by atoms with van der Waals surface area (Å²) in [5.74, 6) is 0. The highest BCUT2D eigenvalue weighted by molar-refractivity contribution is 4.95. The summed E-state index contributed by atoms with van der Waals surface area (Å²) in [4.78, 5) is 4.41. The Morgan fingerprint density at radius 1 is 1.15 bits per heavy atom. The van der Waals surface area contributed by atoms with Crippen molar-refractivity contribution in [3.8, 4) is 0 Å². The first kappa shape index (κ1) is 17.2. The first-order valence-electron chi connectivity index (χ1n) is 8.07. The molecule has 0 unspecified atom stereocenters. The number of methoxy groups -OCH3 is 1. The summed E-state index contributed by atoms with van der Waals surface area (Å²) < 4.78 is 7.21. The number of hydrogen-bond donors (Lipinski definition) is 1. The molecule has 0 radical (unpaired) electrons. The van der Waals surface area contributed by atoms with Crippen molar-refractivity contribution in [1.29, 1.82) is 0 Å². The van der Waals surface area contributed by atoms with Crippen LogP contribution in [0.15, 0.2) is 12.5 Å². The predicted octanol–water partition coefficient (Wildman–Crippen LogP) is 3.37. The van der Waals surface area contributed by atoms with Gasteiger partial charge in [0, 0.05) is 32.9 Å². The fourth-order valence-electron chi connectivity index (χ4n) is 2.26.